The second-order valence-electron chi connectivity index (χ2n) is 5.23. The van der Waals surface area contributed by atoms with Crippen LogP contribution in [-0.2, 0) is 9.53 Å². The number of rotatable bonds is 2. The number of hydrogen-bond acceptors (Lipinski definition) is 2. The summed E-state index contributed by atoms with van der Waals surface area (Å²) in [6.07, 6.45) is 8.72. The molecule has 0 unspecified atom stereocenters. The van der Waals surface area contributed by atoms with Crippen molar-refractivity contribution in [2.45, 2.75) is 63.9 Å². The molecule has 15 heavy (non-hydrogen) atoms. The van der Waals surface area contributed by atoms with Crippen molar-refractivity contribution in [3.8, 4) is 0 Å². The largest absolute Gasteiger partial charge is 0.374 e. The lowest BCUT2D eigenvalue weighted by Crippen LogP contribution is -2.43. The Bertz CT molecular complexity index is 227. The van der Waals surface area contributed by atoms with Crippen LogP contribution in [0.5, 0.6) is 0 Å². The van der Waals surface area contributed by atoms with E-state index < -0.39 is 0 Å². The summed E-state index contributed by atoms with van der Waals surface area (Å²) in [6.45, 7) is 2.92. The highest BCUT2D eigenvalue weighted by atomic mass is 16.5. The molecule has 0 amide bonds. The van der Waals surface area contributed by atoms with Crippen molar-refractivity contribution >= 4 is 5.78 Å². The first kappa shape index (κ1) is 11.1. The zero-order valence-corrected chi connectivity index (χ0v) is 9.76. The summed E-state index contributed by atoms with van der Waals surface area (Å²) in [5.41, 5.74) is -0.0421. The van der Waals surface area contributed by atoms with Gasteiger partial charge in [0.05, 0.1) is 12.2 Å². The van der Waals surface area contributed by atoms with Crippen LogP contribution in [-0.4, -0.2) is 18.0 Å². The zero-order chi connectivity index (χ0) is 10.7. The number of hydrogen-bond donors (Lipinski definition) is 0. The highest BCUT2D eigenvalue weighted by Gasteiger charge is 2.39. The molecule has 86 valence electrons. The SMILES string of the molecule is CCCC1CCC2(CC1)CC(=O)CCO2. The van der Waals surface area contributed by atoms with Crippen LogP contribution < -0.4 is 0 Å². The maximum absolute atomic E-state index is 11.5. The Labute approximate surface area is 92.4 Å². The van der Waals surface area contributed by atoms with E-state index in [4.69, 9.17) is 4.74 Å². The molecule has 2 rings (SSSR count). The smallest absolute Gasteiger partial charge is 0.138 e. The fraction of sp³-hybridized carbons (Fsp3) is 0.923. The average Bonchev–Trinajstić information content (AvgIpc) is 2.22. The molecule has 1 spiro atoms. The van der Waals surface area contributed by atoms with Crippen LogP contribution in [0.1, 0.15) is 58.3 Å². The van der Waals surface area contributed by atoms with Gasteiger partial charge in [-0.1, -0.05) is 19.8 Å². The van der Waals surface area contributed by atoms with Gasteiger partial charge in [0.25, 0.3) is 0 Å². The number of carbonyl (C=O) groups is 1. The molecule has 1 saturated heterocycles. The van der Waals surface area contributed by atoms with Gasteiger partial charge in [-0.3, -0.25) is 4.79 Å². The first-order chi connectivity index (χ1) is 7.24. The van der Waals surface area contributed by atoms with Crippen LogP contribution in [0.15, 0.2) is 0 Å². The minimum Gasteiger partial charge on any atom is -0.374 e. The molecule has 0 atom stereocenters. The van der Waals surface area contributed by atoms with Crippen LogP contribution in [0.2, 0.25) is 0 Å². The summed E-state index contributed by atoms with van der Waals surface area (Å²) < 4.78 is 5.88. The third-order valence-corrected chi connectivity index (χ3v) is 4.02. The Kier molecular flexibility index (Phi) is 3.45. The Morgan fingerprint density at radius 1 is 1.40 bits per heavy atom. The van der Waals surface area contributed by atoms with Gasteiger partial charge in [0.1, 0.15) is 5.78 Å². The second kappa shape index (κ2) is 4.65. The van der Waals surface area contributed by atoms with E-state index in [1.54, 1.807) is 0 Å². The second-order valence-corrected chi connectivity index (χ2v) is 5.23. The molecule has 1 aliphatic heterocycles. The van der Waals surface area contributed by atoms with Crippen LogP contribution in [0, 0.1) is 5.92 Å². The maximum atomic E-state index is 11.5. The lowest BCUT2D eigenvalue weighted by atomic mass is 9.74. The van der Waals surface area contributed by atoms with Gasteiger partial charge in [-0.05, 0) is 31.6 Å². The number of ketones is 1. The van der Waals surface area contributed by atoms with Gasteiger partial charge in [-0.15, -0.1) is 0 Å². The van der Waals surface area contributed by atoms with Crippen molar-refractivity contribution in [3.63, 3.8) is 0 Å². The molecule has 0 aromatic rings. The number of ether oxygens (including phenoxy) is 1. The quantitative estimate of drug-likeness (QED) is 0.700. The lowest BCUT2D eigenvalue weighted by Gasteiger charge is -2.42. The fourth-order valence-electron chi connectivity index (χ4n) is 3.10. The molecular formula is C13H22O2. The van der Waals surface area contributed by atoms with Gasteiger partial charge < -0.3 is 4.74 Å². The first-order valence-electron chi connectivity index (χ1n) is 6.40. The summed E-state index contributed by atoms with van der Waals surface area (Å²) in [6, 6.07) is 0. The summed E-state index contributed by atoms with van der Waals surface area (Å²) in [5, 5.41) is 0. The van der Waals surface area contributed by atoms with Crippen molar-refractivity contribution in [1.82, 2.24) is 0 Å². The van der Waals surface area contributed by atoms with Crippen LogP contribution in [0.25, 0.3) is 0 Å². The molecular weight excluding hydrogens is 188 g/mol. The standard InChI is InChI=1S/C13H22O2/c1-2-3-11-4-7-13(8-5-11)10-12(14)6-9-15-13/h11H,2-10H2,1H3. The molecule has 2 nitrogen and oxygen atoms in total. The van der Waals surface area contributed by atoms with E-state index in [2.05, 4.69) is 6.92 Å². The van der Waals surface area contributed by atoms with Gasteiger partial charge in [0, 0.05) is 12.8 Å². The molecule has 0 aromatic carbocycles. The van der Waals surface area contributed by atoms with Crippen molar-refractivity contribution in [3.05, 3.63) is 0 Å². The fourth-order valence-corrected chi connectivity index (χ4v) is 3.10. The van der Waals surface area contributed by atoms with Crippen LogP contribution >= 0.6 is 0 Å². The highest BCUT2D eigenvalue weighted by Crippen LogP contribution is 2.40. The van der Waals surface area contributed by atoms with Gasteiger partial charge in [-0.2, -0.15) is 0 Å². The predicted octanol–water partition coefficient (Wildman–Crippen LogP) is 3.10. The van der Waals surface area contributed by atoms with E-state index in [-0.39, 0.29) is 5.60 Å². The van der Waals surface area contributed by atoms with Crippen LogP contribution in [0.3, 0.4) is 0 Å². The molecule has 0 bridgehead atoms. The van der Waals surface area contributed by atoms with Gasteiger partial charge in [0.15, 0.2) is 0 Å². The first-order valence-corrected chi connectivity index (χ1v) is 6.40. The number of carbonyl (C=O) groups excluding carboxylic acids is 1. The Hall–Kier alpha value is -0.370. The molecule has 0 aromatic heterocycles. The van der Waals surface area contributed by atoms with Crippen molar-refractivity contribution in [2.24, 2.45) is 5.92 Å². The molecule has 1 aliphatic carbocycles. The van der Waals surface area contributed by atoms with E-state index in [0.29, 0.717) is 25.2 Å². The topological polar surface area (TPSA) is 26.3 Å². The van der Waals surface area contributed by atoms with E-state index in [1.807, 2.05) is 0 Å². The zero-order valence-electron chi connectivity index (χ0n) is 9.76. The van der Waals surface area contributed by atoms with E-state index >= 15 is 0 Å². The average molecular weight is 210 g/mol. The minimum absolute atomic E-state index is 0.0421. The summed E-state index contributed by atoms with van der Waals surface area (Å²) >= 11 is 0. The monoisotopic (exact) mass is 210 g/mol. The predicted molar refractivity (Wildman–Crippen MR) is 59.8 cm³/mol. The van der Waals surface area contributed by atoms with E-state index in [1.165, 1.54) is 25.7 Å². The van der Waals surface area contributed by atoms with E-state index in [0.717, 1.165) is 18.8 Å². The number of Topliss-reactive ketones (excluding diaryl/α,β-unsaturated/α-hetero) is 1. The maximum Gasteiger partial charge on any atom is 0.138 e. The summed E-state index contributed by atoms with van der Waals surface area (Å²) in [5.74, 6) is 1.30. The molecule has 0 radical (unpaired) electrons. The minimum atomic E-state index is -0.0421. The molecule has 0 N–H and O–H groups in total. The summed E-state index contributed by atoms with van der Waals surface area (Å²) in [7, 11) is 0. The third kappa shape index (κ3) is 2.60. The van der Waals surface area contributed by atoms with Crippen LogP contribution in [0.4, 0.5) is 0 Å². The normalized spacial score (nSPS) is 37.1. The summed E-state index contributed by atoms with van der Waals surface area (Å²) in [4.78, 5) is 11.5. The van der Waals surface area contributed by atoms with Crippen molar-refractivity contribution in [2.75, 3.05) is 6.61 Å². The highest BCUT2D eigenvalue weighted by molar-refractivity contribution is 5.80. The Morgan fingerprint density at radius 2 is 2.13 bits per heavy atom. The Balaban J connectivity index is 1.88. The molecule has 2 heteroatoms. The van der Waals surface area contributed by atoms with Crippen molar-refractivity contribution in [1.29, 1.82) is 0 Å². The molecule has 2 fully saturated rings. The van der Waals surface area contributed by atoms with Crippen molar-refractivity contribution < 1.29 is 9.53 Å². The molecule has 2 aliphatic rings. The lowest BCUT2D eigenvalue weighted by molar-refractivity contribution is -0.146. The Morgan fingerprint density at radius 3 is 2.73 bits per heavy atom. The van der Waals surface area contributed by atoms with Gasteiger partial charge in [-0.25, -0.2) is 0 Å². The molecule has 1 heterocycles. The van der Waals surface area contributed by atoms with Gasteiger partial charge in [0.2, 0.25) is 0 Å². The third-order valence-electron chi connectivity index (χ3n) is 4.02. The van der Waals surface area contributed by atoms with Gasteiger partial charge >= 0.3 is 0 Å². The molecule has 1 saturated carbocycles. The van der Waals surface area contributed by atoms with E-state index in [9.17, 15) is 4.79 Å².